The summed E-state index contributed by atoms with van der Waals surface area (Å²) in [7, 11) is 0. The molecule has 0 radical (unpaired) electrons. The van der Waals surface area contributed by atoms with E-state index in [-0.39, 0.29) is 13.2 Å². The normalized spacial score (nSPS) is 10.8. The van der Waals surface area contributed by atoms with Crippen molar-refractivity contribution in [3.05, 3.63) is 79.9 Å². The molecule has 0 aliphatic carbocycles. The summed E-state index contributed by atoms with van der Waals surface area (Å²) in [5.41, 5.74) is 2.52. The predicted molar refractivity (Wildman–Crippen MR) is 135 cm³/mol. The van der Waals surface area contributed by atoms with Crippen molar-refractivity contribution in [2.75, 3.05) is 18.5 Å². The number of nitrogens with one attached hydrogen (secondary N) is 1. The number of thiophene rings is 1. The van der Waals surface area contributed by atoms with Gasteiger partial charge in [-0.1, -0.05) is 28.1 Å². The molecule has 1 N–H and O–H groups in total. The van der Waals surface area contributed by atoms with E-state index in [4.69, 9.17) is 13.9 Å². The average Bonchev–Trinajstić information content (AvgIpc) is 3.21. The molecule has 4 rings (SSSR count). The van der Waals surface area contributed by atoms with Crippen LogP contribution in [0.1, 0.15) is 22.8 Å². The number of amides is 1. The van der Waals surface area contributed by atoms with Crippen LogP contribution in [0.4, 0.5) is 5.00 Å². The lowest BCUT2D eigenvalue weighted by Crippen LogP contribution is -2.21. The Balaban J connectivity index is 1.52. The SMILES string of the molecule is CCOC(=O)c1c(-c2ccc(Br)cc2)csc1NC(=O)COc1ccc2c(C)cc(=O)oc2c1. The molecule has 0 aliphatic heterocycles. The van der Waals surface area contributed by atoms with E-state index in [1.54, 1.807) is 30.5 Å². The Bertz CT molecular complexity index is 1420. The lowest BCUT2D eigenvalue weighted by atomic mass is 10.0. The molecule has 174 valence electrons. The minimum absolute atomic E-state index is 0.211. The number of hydrogen-bond donors (Lipinski definition) is 1. The zero-order valence-electron chi connectivity index (χ0n) is 18.3. The summed E-state index contributed by atoms with van der Waals surface area (Å²) < 4.78 is 16.9. The van der Waals surface area contributed by atoms with E-state index in [1.807, 2.05) is 31.2 Å². The second kappa shape index (κ2) is 10.2. The number of anilines is 1. The number of halogens is 1. The number of fused-ring (bicyclic) bond motifs is 1. The molecule has 4 aromatic rings. The zero-order valence-corrected chi connectivity index (χ0v) is 20.7. The summed E-state index contributed by atoms with van der Waals surface area (Å²) in [5, 5.41) is 5.72. The van der Waals surface area contributed by atoms with E-state index < -0.39 is 17.5 Å². The number of ether oxygens (including phenoxy) is 2. The van der Waals surface area contributed by atoms with Crippen LogP contribution >= 0.6 is 27.3 Å². The van der Waals surface area contributed by atoms with Crippen LogP contribution in [0.5, 0.6) is 5.75 Å². The number of rotatable bonds is 7. The van der Waals surface area contributed by atoms with Crippen LogP contribution < -0.4 is 15.7 Å². The second-order valence-electron chi connectivity index (χ2n) is 7.32. The van der Waals surface area contributed by atoms with Crippen molar-refractivity contribution < 1.29 is 23.5 Å². The van der Waals surface area contributed by atoms with Crippen molar-refractivity contribution in [3.8, 4) is 16.9 Å². The highest BCUT2D eigenvalue weighted by Gasteiger charge is 2.23. The first kappa shape index (κ1) is 23.7. The third-order valence-corrected chi connectivity index (χ3v) is 6.40. The molecule has 0 spiro atoms. The van der Waals surface area contributed by atoms with Crippen molar-refractivity contribution in [2.24, 2.45) is 0 Å². The van der Waals surface area contributed by atoms with E-state index in [9.17, 15) is 14.4 Å². The molecule has 0 fully saturated rings. The Morgan fingerprint density at radius 2 is 1.88 bits per heavy atom. The Labute approximate surface area is 207 Å². The highest BCUT2D eigenvalue weighted by molar-refractivity contribution is 9.10. The Kier molecular flexibility index (Phi) is 7.14. The number of aryl methyl sites for hydroxylation is 1. The van der Waals surface area contributed by atoms with Gasteiger partial charge in [0.15, 0.2) is 6.61 Å². The fourth-order valence-electron chi connectivity index (χ4n) is 3.40. The number of carbonyl (C=O) groups is 2. The van der Waals surface area contributed by atoms with Crippen molar-refractivity contribution in [2.45, 2.75) is 13.8 Å². The van der Waals surface area contributed by atoms with Crippen LogP contribution in [0.15, 0.2) is 67.6 Å². The van der Waals surface area contributed by atoms with Gasteiger partial charge in [0.1, 0.15) is 21.9 Å². The Hall–Kier alpha value is -3.43. The van der Waals surface area contributed by atoms with Gasteiger partial charge in [-0.25, -0.2) is 9.59 Å². The first-order chi connectivity index (χ1) is 16.4. The zero-order chi connectivity index (χ0) is 24.2. The summed E-state index contributed by atoms with van der Waals surface area (Å²) in [6, 6.07) is 14.0. The van der Waals surface area contributed by atoms with Crippen molar-refractivity contribution in [3.63, 3.8) is 0 Å². The fraction of sp³-hybridized carbons (Fsp3) is 0.160. The minimum atomic E-state index is -0.516. The van der Waals surface area contributed by atoms with E-state index in [0.29, 0.717) is 27.5 Å². The summed E-state index contributed by atoms with van der Waals surface area (Å²) in [6.07, 6.45) is 0. The Morgan fingerprint density at radius 1 is 1.12 bits per heavy atom. The van der Waals surface area contributed by atoms with Gasteiger partial charge in [-0.05, 0) is 49.2 Å². The maximum Gasteiger partial charge on any atom is 0.341 e. The van der Waals surface area contributed by atoms with Crippen LogP contribution in [0.2, 0.25) is 0 Å². The number of carbonyl (C=O) groups excluding carboxylic acids is 2. The van der Waals surface area contributed by atoms with Crippen LogP contribution in [0.25, 0.3) is 22.1 Å². The van der Waals surface area contributed by atoms with Crippen LogP contribution in [-0.2, 0) is 9.53 Å². The van der Waals surface area contributed by atoms with E-state index in [2.05, 4.69) is 21.2 Å². The average molecular weight is 542 g/mol. The van der Waals surface area contributed by atoms with Gasteiger partial charge in [0, 0.05) is 32.9 Å². The third kappa shape index (κ3) is 5.21. The summed E-state index contributed by atoms with van der Waals surface area (Å²) in [5.74, 6) is -0.581. The molecule has 0 bridgehead atoms. The van der Waals surface area contributed by atoms with E-state index in [1.165, 1.54) is 17.4 Å². The topological polar surface area (TPSA) is 94.8 Å². The van der Waals surface area contributed by atoms with Gasteiger partial charge in [0.2, 0.25) is 0 Å². The van der Waals surface area contributed by atoms with Gasteiger partial charge in [-0.3, -0.25) is 4.79 Å². The molecular formula is C25H20BrNO6S. The van der Waals surface area contributed by atoms with Gasteiger partial charge in [-0.15, -0.1) is 11.3 Å². The maximum absolute atomic E-state index is 12.7. The largest absolute Gasteiger partial charge is 0.484 e. The van der Waals surface area contributed by atoms with E-state index in [0.717, 1.165) is 21.0 Å². The molecule has 34 heavy (non-hydrogen) atoms. The Morgan fingerprint density at radius 3 is 2.62 bits per heavy atom. The highest BCUT2D eigenvalue weighted by atomic mass is 79.9. The van der Waals surface area contributed by atoms with Gasteiger partial charge >= 0.3 is 11.6 Å². The van der Waals surface area contributed by atoms with Crippen LogP contribution in [0, 0.1) is 6.92 Å². The fourth-order valence-corrected chi connectivity index (χ4v) is 4.64. The first-order valence-corrected chi connectivity index (χ1v) is 12.0. The lowest BCUT2D eigenvalue weighted by molar-refractivity contribution is -0.118. The van der Waals surface area contributed by atoms with Crippen molar-refractivity contribution in [1.29, 1.82) is 0 Å². The molecule has 0 unspecified atom stereocenters. The molecule has 2 aromatic heterocycles. The summed E-state index contributed by atoms with van der Waals surface area (Å²) >= 11 is 4.64. The molecule has 0 aliphatic rings. The molecule has 2 aromatic carbocycles. The van der Waals surface area contributed by atoms with Gasteiger partial charge in [0.25, 0.3) is 5.91 Å². The molecule has 0 saturated carbocycles. The molecule has 2 heterocycles. The molecule has 0 atom stereocenters. The smallest absolute Gasteiger partial charge is 0.341 e. The van der Waals surface area contributed by atoms with Crippen LogP contribution in [-0.4, -0.2) is 25.1 Å². The monoisotopic (exact) mass is 541 g/mol. The predicted octanol–water partition coefficient (Wildman–Crippen LogP) is 5.79. The molecular weight excluding hydrogens is 522 g/mol. The first-order valence-electron chi connectivity index (χ1n) is 10.4. The van der Waals surface area contributed by atoms with Crippen LogP contribution in [0.3, 0.4) is 0 Å². The van der Waals surface area contributed by atoms with Gasteiger partial charge < -0.3 is 19.2 Å². The molecule has 1 amide bonds. The maximum atomic E-state index is 12.7. The molecule has 7 nitrogen and oxygen atoms in total. The summed E-state index contributed by atoms with van der Waals surface area (Å²) in [6.45, 7) is 3.46. The van der Waals surface area contributed by atoms with Gasteiger partial charge in [-0.2, -0.15) is 0 Å². The standard InChI is InChI=1S/C25H20BrNO6S/c1-3-31-25(30)23-19(15-4-6-16(26)7-5-15)13-34-24(23)27-21(28)12-32-17-8-9-18-14(2)10-22(29)33-20(18)11-17/h4-11,13H,3,12H2,1-2H3,(H,27,28). The van der Waals surface area contributed by atoms with E-state index >= 15 is 0 Å². The number of hydrogen-bond acceptors (Lipinski definition) is 7. The molecule has 9 heteroatoms. The van der Waals surface area contributed by atoms with Crippen molar-refractivity contribution >= 4 is 55.1 Å². The number of benzene rings is 2. The number of esters is 1. The highest BCUT2D eigenvalue weighted by Crippen LogP contribution is 2.36. The molecule has 0 saturated heterocycles. The second-order valence-corrected chi connectivity index (χ2v) is 9.12. The quantitative estimate of drug-likeness (QED) is 0.235. The third-order valence-electron chi connectivity index (χ3n) is 4.97. The van der Waals surface area contributed by atoms with Crippen molar-refractivity contribution in [1.82, 2.24) is 0 Å². The van der Waals surface area contributed by atoms with Gasteiger partial charge in [0.05, 0.1) is 6.61 Å². The summed E-state index contributed by atoms with van der Waals surface area (Å²) in [4.78, 5) is 36.9. The lowest BCUT2D eigenvalue weighted by Gasteiger charge is -2.10. The minimum Gasteiger partial charge on any atom is -0.484 e.